The van der Waals surface area contributed by atoms with Crippen LogP contribution >= 0.6 is 0 Å². The second-order valence-electron chi connectivity index (χ2n) is 20.7. The number of fused-ring (bicyclic) bond motifs is 5. The van der Waals surface area contributed by atoms with Crippen molar-refractivity contribution < 1.29 is 75.1 Å². The van der Waals surface area contributed by atoms with Crippen molar-refractivity contribution in [1.29, 1.82) is 0 Å². The molecular weight excluding hydrogens is 744 g/mol. The highest BCUT2D eigenvalue weighted by atomic mass is 16.7. The molecule has 11 N–H and O–H groups in total. The maximum Gasteiger partial charge on any atom is 0.187 e. The minimum atomic E-state index is -1.65. The van der Waals surface area contributed by atoms with E-state index in [9.17, 15) is 56.2 Å². The van der Waals surface area contributed by atoms with Gasteiger partial charge < -0.3 is 75.1 Å². The Bertz CT molecular complexity index is 1440. The summed E-state index contributed by atoms with van der Waals surface area (Å²) >= 11 is 0. The van der Waals surface area contributed by atoms with E-state index in [1.54, 1.807) is 26.0 Å². The smallest absolute Gasteiger partial charge is 0.187 e. The molecule has 6 aliphatic rings. The van der Waals surface area contributed by atoms with E-state index in [0.29, 0.717) is 38.5 Å². The summed E-state index contributed by atoms with van der Waals surface area (Å²) < 4.78 is 25.3. The van der Waals surface area contributed by atoms with Crippen LogP contribution in [0.25, 0.3) is 0 Å². The summed E-state index contributed by atoms with van der Waals surface area (Å²) in [6, 6.07) is 0. The summed E-state index contributed by atoms with van der Waals surface area (Å²) in [5, 5.41) is 119. The molecule has 0 bridgehead atoms. The molecule has 21 atom stereocenters. The van der Waals surface area contributed by atoms with Crippen molar-refractivity contribution in [1.82, 2.24) is 0 Å². The van der Waals surface area contributed by atoms with Crippen LogP contribution in [0.15, 0.2) is 12.2 Å². The second-order valence-corrected chi connectivity index (χ2v) is 20.7. The molecule has 4 aliphatic carbocycles. The Hall–Kier alpha value is -0.860. The quantitative estimate of drug-likeness (QED) is 0.103. The number of aliphatic hydroxyl groups excluding tert-OH is 10. The zero-order chi connectivity index (χ0) is 42.4. The Morgan fingerprint density at radius 2 is 1.28 bits per heavy atom. The summed E-state index contributed by atoms with van der Waals surface area (Å²) in [4.78, 5) is 0. The average molecular weight is 817 g/mol. The lowest BCUT2D eigenvalue weighted by Crippen LogP contribution is -2.71. The van der Waals surface area contributed by atoms with E-state index in [1.807, 2.05) is 20.8 Å². The molecule has 2 saturated heterocycles. The van der Waals surface area contributed by atoms with Gasteiger partial charge in [-0.1, -0.05) is 46.8 Å². The van der Waals surface area contributed by atoms with Crippen LogP contribution in [0.2, 0.25) is 0 Å². The van der Waals surface area contributed by atoms with Crippen LogP contribution < -0.4 is 0 Å². The number of aliphatic hydroxyl groups is 11. The summed E-state index contributed by atoms with van der Waals surface area (Å²) in [7, 11) is 0. The van der Waals surface area contributed by atoms with Crippen LogP contribution in [0.4, 0.5) is 0 Å². The van der Waals surface area contributed by atoms with Gasteiger partial charge in [0.1, 0.15) is 48.8 Å². The highest BCUT2D eigenvalue weighted by Crippen LogP contribution is 2.76. The molecule has 2 aliphatic heterocycles. The van der Waals surface area contributed by atoms with Gasteiger partial charge in [-0.2, -0.15) is 0 Å². The van der Waals surface area contributed by atoms with Gasteiger partial charge in [0, 0.05) is 0 Å². The van der Waals surface area contributed by atoms with E-state index in [2.05, 4.69) is 20.8 Å². The summed E-state index contributed by atoms with van der Waals surface area (Å²) in [5.41, 5.74) is -4.55. The average Bonchev–Trinajstić information content (AvgIpc) is 3.51. The van der Waals surface area contributed by atoms with Crippen molar-refractivity contribution >= 4 is 0 Å². The zero-order valence-electron chi connectivity index (χ0n) is 34.9. The summed E-state index contributed by atoms with van der Waals surface area (Å²) in [6.45, 7) is 14.6. The number of hydrogen-bond acceptors (Lipinski definition) is 15. The Kier molecular flexibility index (Phi) is 12.7. The topological polar surface area (TPSA) is 259 Å². The summed E-state index contributed by atoms with van der Waals surface area (Å²) in [6.07, 6.45) is -9.91. The monoisotopic (exact) mass is 816 g/mol. The first-order valence-corrected chi connectivity index (χ1v) is 21.0. The first-order valence-electron chi connectivity index (χ1n) is 21.0. The first-order chi connectivity index (χ1) is 26.3. The highest BCUT2D eigenvalue weighted by Gasteiger charge is 2.74. The van der Waals surface area contributed by atoms with Gasteiger partial charge in [-0.25, -0.2) is 0 Å². The van der Waals surface area contributed by atoms with Gasteiger partial charge in [-0.15, -0.1) is 0 Å². The molecular formula is C42H72O15. The van der Waals surface area contributed by atoms with Crippen molar-refractivity contribution in [2.45, 2.75) is 191 Å². The van der Waals surface area contributed by atoms with Crippen molar-refractivity contribution in [3.8, 4) is 0 Å². The SMILES string of the molecule is CC(C)(O)/C=C/C[C@](C)(O[C@H]1O[C@@H](CO)[C@H](O)[C@@H](O)[C@@H]1O)[C@H]1CC[C@]2(C)[C@@H]1[C@H](O)C[C@@H]1[C@@]3(C)CC[C@H](O)C(C)(C)[C@H]3[C@@H](O[C@H]3O[C@H](CO)[C@@H](O)[C@H](O)[C@H]3O)C[C@]12C. The lowest BCUT2D eigenvalue weighted by Gasteiger charge is -2.72. The maximum absolute atomic E-state index is 12.6. The Labute approximate surface area is 336 Å². The fourth-order valence-corrected chi connectivity index (χ4v) is 13.3. The largest absolute Gasteiger partial charge is 0.394 e. The molecule has 15 nitrogen and oxygen atoms in total. The summed E-state index contributed by atoms with van der Waals surface area (Å²) in [5.74, 6) is -1.05. The van der Waals surface area contributed by atoms with Gasteiger partial charge in [-0.05, 0) is 111 Å². The highest BCUT2D eigenvalue weighted by molar-refractivity contribution is 5.22. The van der Waals surface area contributed by atoms with Gasteiger partial charge in [0.2, 0.25) is 0 Å². The molecule has 6 fully saturated rings. The molecule has 15 heteroatoms. The van der Waals surface area contributed by atoms with Crippen molar-refractivity contribution in [2.75, 3.05) is 13.2 Å². The van der Waals surface area contributed by atoms with Crippen molar-refractivity contribution in [2.24, 2.45) is 45.3 Å². The molecule has 0 radical (unpaired) electrons. The normalized spacial score (nSPS) is 52.5. The van der Waals surface area contributed by atoms with Crippen LogP contribution in [0, 0.1) is 45.3 Å². The van der Waals surface area contributed by atoms with Gasteiger partial charge in [0.15, 0.2) is 12.6 Å². The second kappa shape index (κ2) is 15.8. The molecule has 2 heterocycles. The lowest BCUT2D eigenvalue weighted by atomic mass is 9.34. The van der Waals surface area contributed by atoms with E-state index in [-0.39, 0.29) is 30.1 Å². The lowest BCUT2D eigenvalue weighted by molar-refractivity contribution is -0.349. The van der Waals surface area contributed by atoms with E-state index >= 15 is 0 Å². The van der Waals surface area contributed by atoms with E-state index in [4.69, 9.17) is 18.9 Å². The Morgan fingerprint density at radius 1 is 0.719 bits per heavy atom. The van der Waals surface area contributed by atoms with Gasteiger partial charge in [-0.3, -0.25) is 0 Å². The van der Waals surface area contributed by atoms with E-state index in [1.165, 1.54) is 0 Å². The standard InChI is InChI=1S/C42H72O15/c1-37(2,53)12-9-13-42(8,57-36-33(52)31(50)29(48)24(19-44)56-36)20-10-15-40(6)27(20)21(45)16-25-39(5)14-11-26(46)38(3,4)34(39)22(17-41(25,40)7)54-35-32(51)30(49)28(47)23(18-43)55-35/h9,12,20-36,43-53H,10-11,13-19H2,1-8H3/b12-9+/t20-,21+,22-,23+,24-,25+,26-,27-,28+,29-,30-,31+,32+,33-,34+,35-,36+,39+,40+,41+,42-/m0/s1. The van der Waals surface area contributed by atoms with Crippen molar-refractivity contribution in [3.05, 3.63) is 12.2 Å². The molecule has 0 aromatic heterocycles. The molecule has 0 aromatic carbocycles. The minimum Gasteiger partial charge on any atom is -0.394 e. The third-order valence-corrected chi connectivity index (χ3v) is 16.5. The first kappa shape index (κ1) is 45.7. The maximum atomic E-state index is 12.6. The fourth-order valence-electron chi connectivity index (χ4n) is 13.3. The van der Waals surface area contributed by atoms with Gasteiger partial charge >= 0.3 is 0 Å². The van der Waals surface area contributed by atoms with Crippen LogP contribution in [-0.4, -0.2) is 160 Å². The molecule has 0 amide bonds. The predicted molar refractivity (Wildman–Crippen MR) is 204 cm³/mol. The van der Waals surface area contributed by atoms with E-state index < -0.39 is 126 Å². The Balaban J connectivity index is 1.40. The molecule has 0 aromatic rings. The minimum absolute atomic E-state index is 0.0425. The molecule has 0 unspecified atom stereocenters. The van der Waals surface area contributed by atoms with Crippen molar-refractivity contribution in [3.63, 3.8) is 0 Å². The molecule has 4 saturated carbocycles. The molecule has 6 rings (SSSR count). The third-order valence-electron chi connectivity index (χ3n) is 16.5. The molecule has 57 heavy (non-hydrogen) atoms. The fraction of sp³-hybridized carbons (Fsp3) is 0.952. The Morgan fingerprint density at radius 3 is 1.84 bits per heavy atom. The molecule has 330 valence electrons. The zero-order valence-corrected chi connectivity index (χ0v) is 34.9. The van der Waals surface area contributed by atoms with Gasteiger partial charge in [0.25, 0.3) is 0 Å². The third kappa shape index (κ3) is 7.49. The van der Waals surface area contributed by atoms with Crippen LogP contribution in [0.1, 0.15) is 100 Å². The van der Waals surface area contributed by atoms with E-state index in [0.717, 1.165) is 0 Å². The molecule has 0 spiro atoms. The predicted octanol–water partition coefficient (Wildman–Crippen LogP) is 0.0906. The van der Waals surface area contributed by atoms with Crippen LogP contribution in [0.3, 0.4) is 0 Å². The van der Waals surface area contributed by atoms with Crippen LogP contribution in [-0.2, 0) is 18.9 Å². The number of hydrogen-bond donors (Lipinski definition) is 11. The number of rotatable bonds is 10. The van der Waals surface area contributed by atoms with Crippen LogP contribution in [0.5, 0.6) is 0 Å². The van der Waals surface area contributed by atoms with Gasteiger partial charge in [0.05, 0.1) is 42.7 Å². The number of ether oxygens (including phenoxy) is 4.